The number of rotatable bonds is 7. The molecule has 0 unspecified atom stereocenters. The predicted octanol–water partition coefficient (Wildman–Crippen LogP) is 3.86. The maximum absolute atomic E-state index is 12.3. The Morgan fingerprint density at radius 2 is 1.83 bits per heavy atom. The van der Waals surface area contributed by atoms with E-state index in [1.165, 1.54) is 11.8 Å². The summed E-state index contributed by atoms with van der Waals surface area (Å²) in [6.45, 7) is 4.16. The Morgan fingerprint density at radius 1 is 1.10 bits per heavy atom. The van der Waals surface area contributed by atoms with Crippen molar-refractivity contribution in [2.75, 3.05) is 11.1 Å². The van der Waals surface area contributed by atoms with Crippen molar-refractivity contribution in [3.63, 3.8) is 0 Å². The quantitative estimate of drug-likeness (QED) is 0.494. The van der Waals surface area contributed by atoms with Crippen LogP contribution in [0, 0.1) is 13.8 Å². The standard InChI is InChI=1S/C21H22BrN5O2S/c1-13-4-6-15(7-5-13)20(29)23-11-18-25-26-21(27(18)3)30-12-19(28)24-17-9-8-16(22)10-14(17)2/h4-10H,11-12H2,1-3H3,(H,23,29)(H,24,28). The van der Waals surface area contributed by atoms with Crippen LogP contribution < -0.4 is 10.6 Å². The molecule has 1 aromatic heterocycles. The molecular weight excluding hydrogens is 466 g/mol. The van der Waals surface area contributed by atoms with E-state index in [0.29, 0.717) is 16.5 Å². The van der Waals surface area contributed by atoms with Crippen molar-refractivity contribution in [3.05, 3.63) is 69.5 Å². The first kappa shape index (κ1) is 22.0. The topological polar surface area (TPSA) is 88.9 Å². The molecule has 7 nitrogen and oxygen atoms in total. The van der Waals surface area contributed by atoms with Gasteiger partial charge in [0.05, 0.1) is 12.3 Å². The van der Waals surface area contributed by atoms with Gasteiger partial charge in [-0.3, -0.25) is 9.59 Å². The molecule has 0 spiro atoms. The summed E-state index contributed by atoms with van der Waals surface area (Å²) in [6, 6.07) is 13.1. The van der Waals surface area contributed by atoms with Gasteiger partial charge in [-0.1, -0.05) is 45.4 Å². The van der Waals surface area contributed by atoms with Gasteiger partial charge in [0.1, 0.15) is 0 Å². The molecule has 0 fully saturated rings. The van der Waals surface area contributed by atoms with E-state index in [0.717, 1.165) is 21.3 Å². The molecular formula is C21H22BrN5O2S. The average molecular weight is 488 g/mol. The molecule has 0 saturated carbocycles. The van der Waals surface area contributed by atoms with E-state index in [1.54, 1.807) is 16.7 Å². The Kier molecular flexibility index (Phi) is 7.28. The van der Waals surface area contributed by atoms with E-state index in [9.17, 15) is 9.59 Å². The molecule has 9 heteroatoms. The molecule has 0 radical (unpaired) electrons. The number of thioether (sulfide) groups is 1. The van der Waals surface area contributed by atoms with E-state index >= 15 is 0 Å². The van der Waals surface area contributed by atoms with Crippen molar-refractivity contribution in [2.24, 2.45) is 7.05 Å². The van der Waals surface area contributed by atoms with E-state index in [4.69, 9.17) is 0 Å². The number of halogens is 1. The minimum Gasteiger partial charge on any atom is -0.345 e. The second-order valence-electron chi connectivity index (χ2n) is 6.80. The molecule has 2 aromatic carbocycles. The van der Waals surface area contributed by atoms with Crippen LogP contribution in [-0.4, -0.2) is 32.3 Å². The zero-order valence-electron chi connectivity index (χ0n) is 16.9. The third kappa shape index (κ3) is 5.70. The van der Waals surface area contributed by atoms with Gasteiger partial charge < -0.3 is 15.2 Å². The second kappa shape index (κ2) is 9.90. The summed E-state index contributed by atoms with van der Waals surface area (Å²) in [4.78, 5) is 24.5. The van der Waals surface area contributed by atoms with E-state index < -0.39 is 0 Å². The highest BCUT2D eigenvalue weighted by atomic mass is 79.9. The third-order valence-corrected chi connectivity index (χ3v) is 5.95. The summed E-state index contributed by atoms with van der Waals surface area (Å²) < 4.78 is 2.74. The summed E-state index contributed by atoms with van der Waals surface area (Å²) in [5.41, 5.74) is 3.45. The van der Waals surface area contributed by atoms with Crippen LogP contribution in [0.15, 0.2) is 52.1 Å². The Bertz CT molecular complexity index is 1070. The van der Waals surface area contributed by atoms with Crippen LogP contribution in [-0.2, 0) is 18.4 Å². The van der Waals surface area contributed by atoms with Crippen LogP contribution in [0.1, 0.15) is 27.3 Å². The summed E-state index contributed by atoms with van der Waals surface area (Å²) in [7, 11) is 1.81. The lowest BCUT2D eigenvalue weighted by molar-refractivity contribution is -0.113. The maximum Gasteiger partial charge on any atom is 0.251 e. The fourth-order valence-electron chi connectivity index (χ4n) is 2.67. The van der Waals surface area contributed by atoms with Crippen LogP contribution in [0.3, 0.4) is 0 Å². The smallest absolute Gasteiger partial charge is 0.251 e. The number of carbonyl (C=O) groups excluding carboxylic acids is 2. The third-order valence-electron chi connectivity index (χ3n) is 4.44. The fourth-order valence-corrected chi connectivity index (χ4v) is 3.88. The zero-order chi connectivity index (χ0) is 21.7. The molecule has 3 rings (SSSR count). The summed E-state index contributed by atoms with van der Waals surface area (Å²) >= 11 is 4.70. The molecule has 2 N–H and O–H groups in total. The Balaban J connectivity index is 1.52. The molecule has 0 saturated heterocycles. The number of aromatic nitrogens is 3. The molecule has 3 aromatic rings. The van der Waals surface area contributed by atoms with Gasteiger partial charge in [-0.25, -0.2) is 0 Å². The van der Waals surface area contributed by atoms with Crippen LogP contribution in [0.2, 0.25) is 0 Å². The first-order chi connectivity index (χ1) is 14.3. The van der Waals surface area contributed by atoms with Crippen LogP contribution in [0.4, 0.5) is 5.69 Å². The molecule has 156 valence electrons. The molecule has 0 bridgehead atoms. The van der Waals surface area contributed by atoms with Gasteiger partial charge >= 0.3 is 0 Å². The zero-order valence-corrected chi connectivity index (χ0v) is 19.3. The van der Waals surface area contributed by atoms with Gasteiger partial charge in [-0.15, -0.1) is 10.2 Å². The minimum absolute atomic E-state index is 0.123. The SMILES string of the molecule is Cc1ccc(C(=O)NCc2nnc(SCC(=O)Nc3ccc(Br)cc3C)n2C)cc1. The van der Waals surface area contributed by atoms with Crippen molar-refractivity contribution in [2.45, 2.75) is 25.5 Å². The summed E-state index contributed by atoms with van der Waals surface area (Å²) in [5, 5.41) is 14.6. The average Bonchev–Trinajstić information content (AvgIpc) is 3.07. The lowest BCUT2D eigenvalue weighted by Gasteiger charge is -2.09. The van der Waals surface area contributed by atoms with Gasteiger partial charge in [0, 0.05) is 22.8 Å². The number of nitrogens with zero attached hydrogens (tertiary/aromatic N) is 3. The van der Waals surface area contributed by atoms with Crippen LogP contribution in [0.25, 0.3) is 0 Å². The highest BCUT2D eigenvalue weighted by Gasteiger charge is 2.13. The molecule has 1 heterocycles. The molecule has 0 atom stereocenters. The van der Waals surface area contributed by atoms with Crippen molar-refractivity contribution < 1.29 is 9.59 Å². The number of amides is 2. The Morgan fingerprint density at radius 3 is 2.53 bits per heavy atom. The number of anilines is 1. The highest BCUT2D eigenvalue weighted by molar-refractivity contribution is 9.10. The first-order valence-corrected chi connectivity index (χ1v) is 11.0. The number of benzene rings is 2. The van der Waals surface area contributed by atoms with E-state index in [2.05, 4.69) is 36.8 Å². The van der Waals surface area contributed by atoms with Crippen molar-refractivity contribution in [1.82, 2.24) is 20.1 Å². The Labute approximate surface area is 187 Å². The number of nitrogens with one attached hydrogen (secondary N) is 2. The number of hydrogen-bond acceptors (Lipinski definition) is 5. The highest BCUT2D eigenvalue weighted by Crippen LogP contribution is 2.21. The predicted molar refractivity (Wildman–Crippen MR) is 122 cm³/mol. The largest absolute Gasteiger partial charge is 0.345 e. The second-order valence-corrected chi connectivity index (χ2v) is 8.66. The normalized spacial score (nSPS) is 10.7. The molecule has 0 aliphatic rings. The van der Waals surface area contributed by atoms with E-state index in [-0.39, 0.29) is 24.1 Å². The summed E-state index contributed by atoms with van der Waals surface area (Å²) in [5.74, 6) is 0.526. The molecule has 0 aliphatic heterocycles. The van der Waals surface area contributed by atoms with Crippen molar-refractivity contribution in [3.8, 4) is 0 Å². The lowest BCUT2D eigenvalue weighted by Crippen LogP contribution is -2.24. The molecule has 30 heavy (non-hydrogen) atoms. The van der Waals surface area contributed by atoms with Crippen molar-refractivity contribution >= 4 is 45.2 Å². The van der Waals surface area contributed by atoms with Gasteiger partial charge in [-0.2, -0.15) is 0 Å². The minimum atomic E-state index is -0.170. The van der Waals surface area contributed by atoms with Crippen molar-refractivity contribution in [1.29, 1.82) is 0 Å². The molecule has 0 aliphatic carbocycles. The maximum atomic E-state index is 12.3. The van der Waals surface area contributed by atoms with Crippen LogP contribution >= 0.6 is 27.7 Å². The lowest BCUT2D eigenvalue weighted by atomic mass is 10.1. The first-order valence-electron chi connectivity index (χ1n) is 9.25. The molecule has 2 amide bonds. The van der Waals surface area contributed by atoms with Gasteiger partial charge in [0.25, 0.3) is 5.91 Å². The number of carbonyl (C=O) groups is 2. The van der Waals surface area contributed by atoms with Gasteiger partial charge in [0.2, 0.25) is 5.91 Å². The van der Waals surface area contributed by atoms with Gasteiger partial charge in [-0.05, 0) is 49.7 Å². The fraction of sp³-hybridized carbons (Fsp3) is 0.238. The van der Waals surface area contributed by atoms with E-state index in [1.807, 2.05) is 51.2 Å². The number of aryl methyl sites for hydroxylation is 2. The Hall–Kier alpha value is -2.65. The van der Waals surface area contributed by atoms with Crippen LogP contribution in [0.5, 0.6) is 0 Å². The number of hydrogen-bond donors (Lipinski definition) is 2. The monoisotopic (exact) mass is 487 g/mol. The summed E-state index contributed by atoms with van der Waals surface area (Å²) in [6.07, 6.45) is 0. The van der Waals surface area contributed by atoms with Gasteiger partial charge in [0.15, 0.2) is 11.0 Å².